The van der Waals surface area contributed by atoms with Crippen LogP contribution in [0.1, 0.15) is 34.4 Å². The van der Waals surface area contributed by atoms with Gasteiger partial charge in [0.25, 0.3) is 5.91 Å². The molecule has 2 N–H and O–H groups in total. The van der Waals surface area contributed by atoms with Crippen LogP contribution in [0.25, 0.3) is 0 Å². The van der Waals surface area contributed by atoms with Gasteiger partial charge < -0.3 is 10.4 Å². The third kappa shape index (κ3) is 5.17. The number of carbonyl (C=O) groups excluding carboxylic acids is 1. The molecule has 1 heterocycles. The Morgan fingerprint density at radius 1 is 1.30 bits per heavy atom. The molecule has 0 saturated heterocycles. The Bertz CT molecular complexity index is 669. The standard InChI is InChI=1S/C17H20N2O3S/c1-11(17(21)22)8-14(9-13-6-4-3-5-7-13)19-16(20)15-10-23-12(2)18-15/h3-7,10-11,14H,8-9H2,1-2H3,(H,19,20)(H,21,22). The van der Waals surface area contributed by atoms with E-state index in [0.29, 0.717) is 18.5 Å². The zero-order chi connectivity index (χ0) is 16.8. The van der Waals surface area contributed by atoms with Gasteiger partial charge in [-0.05, 0) is 25.3 Å². The fourth-order valence-corrected chi connectivity index (χ4v) is 2.94. The van der Waals surface area contributed by atoms with Gasteiger partial charge in [-0.1, -0.05) is 37.3 Å². The van der Waals surface area contributed by atoms with Crippen molar-refractivity contribution in [2.75, 3.05) is 0 Å². The van der Waals surface area contributed by atoms with Gasteiger partial charge in [0.05, 0.1) is 10.9 Å². The molecular formula is C17H20N2O3S. The summed E-state index contributed by atoms with van der Waals surface area (Å²) in [5.74, 6) is -1.64. The largest absolute Gasteiger partial charge is 0.481 e. The molecule has 5 nitrogen and oxygen atoms in total. The quantitative estimate of drug-likeness (QED) is 0.817. The number of aliphatic carboxylic acids is 1. The zero-order valence-corrected chi connectivity index (χ0v) is 14.0. The Balaban J connectivity index is 2.09. The maximum absolute atomic E-state index is 12.3. The number of nitrogens with one attached hydrogen (secondary N) is 1. The highest BCUT2D eigenvalue weighted by molar-refractivity contribution is 7.09. The van der Waals surface area contributed by atoms with Gasteiger partial charge in [-0.25, -0.2) is 4.98 Å². The highest BCUT2D eigenvalue weighted by Gasteiger charge is 2.21. The summed E-state index contributed by atoms with van der Waals surface area (Å²) in [5.41, 5.74) is 1.44. The molecule has 6 heteroatoms. The second kappa shape index (κ2) is 7.87. The number of carboxylic acid groups (broad SMARTS) is 1. The monoisotopic (exact) mass is 332 g/mol. The highest BCUT2D eigenvalue weighted by atomic mass is 32.1. The summed E-state index contributed by atoms with van der Waals surface area (Å²) in [6.07, 6.45) is 0.965. The van der Waals surface area contributed by atoms with E-state index in [2.05, 4.69) is 10.3 Å². The Labute approximate surface area is 139 Å². The summed E-state index contributed by atoms with van der Waals surface area (Å²) < 4.78 is 0. The first kappa shape index (κ1) is 17.1. The van der Waals surface area contributed by atoms with Crippen LogP contribution in [0.5, 0.6) is 0 Å². The van der Waals surface area contributed by atoms with E-state index in [-0.39, 0.29) is 11.9 Å². The number of hydrogen-bond donors (Lipinski definition) is 2. The van der Waals surface area contributed by atoms with Gasteiger partial charge in [-0.2, -0.15) is 0 Å². The summed E-state index contributed by atoms with van der Waals surface area (Å²) in [5, 5.41) is 14.6. The normalized spacial score (nSPS) is 13.3. The molecule has 2 unspecified atom stereocenters. The van der Waals surface area contributed by atoms with Crippen molar-refractivity contribution < 1.29 is 14.7 Å². The van der Waals surface area contributed by atoms with Crippen molar-refractivity contribution in [1.82, 2.24) is 10.3 Å². The van der Waals surface area contributed by atoms with Gasteiger partial charge in [0.2, 0.25) is 0 Å². The van der Waals surface area contributed by atoms with Crippen molar-refractivity contribution >= 4 is 23.2 Å². The van der Waals surface area contributed by atoms with Crippen LogP contribution in [0.2, 0.25) is 0 Å². The molecule has 0 bridgehead atoms. The first-order chi connectivity index (χ1) is 11.0. The average Bonchev–Trinajstić information content (AvgIpc) is 2.94. The molecule has 0 aliphatic carbocycles. The van der Waals surface area contributed by atoms with Crippen LogP contribution in [-0.2, 0) is 11.2 Å². The molecule has 0 radical (unpaired) electrons. The Morgan fingerprint density at radius 2 is 2.00 bits per heavy atom. The summed E-state index contributed by atoms with van der Waals surface area (Å²) in [7, 11) is 0. The van der Waals surface area contributed by atoms with E-state index in [9.17, 15) is 9.59 Å². The number of aromatic nitrogens is 1. The Morgan fingerprint density at radius 3 is 2.57 bits per heavy atom. The van der Waals surface area contributed by atoms with E-state index in [1.54, 1.807) is 12.3 Å². The van der Waals surface area contributed by atoms with Crippen LogP contribution in [0.4, 0.5) is 0 Å². The number of hydrogen-bond acceptors (Lipinski definition) is 4. The lowest BCUT2D eigenvalue weighted by atomic mass is 9.96. The molecule has 23 heavy (non-hydrogen) atoms. The molecule has 1 aromatic heterocycles. The van der Waals surface area contributed by atoms with Gasteiger partial charge in [0.15, 0.2) is 0 Å². The fraction of sp³-hybridized carbons (Fsp3) is 0.353. The molecule has 0 fully saturated rings. The molecular weight excluding hydrogens is 312 g/mol. The van der Waals surface area contributed by atoms with E-state index in [1.165, 1.54) is 11.3 Å². The predicted octanol–water partition coefficient (Wildman–Crippen LogP) is 2.90. The van der Waals surface area contributed by atoms with Crippen LogP contribution in [0.15, 0.2) is 35.7 Å². The van der Waals surface area contributed by atoms with Gasteiger partial charge >= 0.3 is 5.97 Å². The van der Waals surface area contributed by atoms with E-state index in [4.69, 9.17) is 5.11 Å². The van der Waals surface area contributed by atoms with Crippen molar-refractivity contribution in [2.45, 2.75) is 32.7 Å². The second-order valence-corrected chi connectivity index (χ2v) is 6.65. The lowest BCUT2D eigenvalue weighted by Crippen LogP contribution is -2.38. The third-order valence-electron chi connectivity index (χ3n) is 3.57. The maximum atomic E-state index is 12.3. The van der Waals surface area contributed by atoms with E-state index in [1.807, 2.05) is 37.3 Å². The minimum Gasteiger partial charge on any atom is -0.481 e. The topological polar surface area (TPSA) is 79.3 Å². The molecule has 2 atom stereocenters. The number of rotatable bonds is 7. The summed E-state index contributed by atoms with van der Waals surface area (Å²) in [4.78, 5) is 27.6. The van der Waals surface area contributed by atoms with Crippen LogP contribution in [0.3, 0.4) is 0 Å². The van der Waals surface area contributed by atoms with Crippen LogP contribution < -0.4 is 5.32 Å². The van der Waals surface area contributed by atoms with Crippen LogP contribution in [0, 0.1) is 12.8 Å². The average molecular weight is 332 g/mol. The van der Waals surface area contributed by atoms with Crippen molar-refractivity contribution in [1.29, 1.82) is 0 Å². The Kier molecular flexibility index (Phi) is 5.87. The Hall–Kier alpha value is -2.21. The molecule has 122 valence electrons. The summed E-state index contributed by atoms with van der Waals surface area (Å²) >= 11 is 1.42. The number of aryl methyl sites for hydroxylation is 1. The van der Waals surface area contributed by atoms with Crippen molar-refractivity contribution in [3.63, 3.8) is 0 Å². The van der Waals surface area contributed by atoms with Gasteiger partial charge in [0, 0.05) is 11.4 Å². The molecule has 0 saturated carbocycles. The lowest BCUT2D eigenvalue weighted by Gasteiger charge is -2.20. The van der Waals surface area contributed by atoms with Gasteiger partial charge in [-0.15, -0.1) is 11.3 Å². The number of carboxylic acids is 1. The number of amides is 1. The number of nitrogens with zero attached hydrogens (tertiary/aromatic N) is 1. The lowest BCUT2D eigenvalue weighted by molar-refractivity contribution is -0.141. The number of thiazole rings is 1. The molecule has 2 rings (SSSR count). The first-order valence-electron chi connectivity index (χ1n) is 7.45. The second-order valence-electron chi connectivity index (χ2n) is 5.59. The van der Waals surface area contributed by atoms with E-state index < -0.39 is 11.9 Å². The smallest absolute Gasteiger partial charge is 0.306 e. The predicted molar refractivity (Wildman–Crippen MR) is 89.7 cm³/mol. The number of carbonyl (C=O) groups is 2. The first-order valence-corrected chi connectivity index (χ1v) is 8.33. The van der Waals surface area contributed by atoms with Crippen molar-refractivity contribution in [3.8, 4) is 0 Å². The van der Waals surface area contributed by atoms with Crippen LogP contribution in [-0.4, -0.2) is 28.0 Å². The van der Waals surface area contributed by atoms with Crippen molar-refractivity contribution in [2.24, 2.45) is 5.92 Å². The zero-order valence-electron chi connectivity index (χ0n) is 13.2. The molecule has 2 aromatic rings. The molecule has 0 aliphatic heterocycles. The van der Waals surface area contributed by atoms with Crippen LogP contribution >= 0.6 is 11.3 Å². The molecule has 0 aliphatic rings. The highest BCUT2D eigenvalue weighted by Crippen LogP contribution is 2.14. The van der Waals surface area contributed by atoms with Crippen molar-refractivity contribution in [3.05, 3.63) is 52.0 Å². The minimum atomic E-state index is -0.859. The van der Waals surface area contributed by atoms with E-state index >= 15 is 0 Å². The molecule has 1 amide bonds. The van der Waals surface area contributed by atoms with Gasteiger partial charge in [0.1, 0.15) is 5.69 Å². The summed E-state index contributed by atoms with van der Waals surface area (Å²) in [6.45, 7) is 3.49. The molecule has 1 aromatic carbocycles. The molecule has 0 spiro atoms. The SMILES string of the molecule is Cc1nc(C(=O)NC(Cc2ccccc2)CC(C)C(=O)O)cs1. The van der Waals surface area contributed by atoms with Gasteiger partial charge in [-0.3, -0.25) is 9.59 Å². The minimum absolute atomic E-state index is 0.252. The summed E-state index contributed by atoms with van der Waals surface area (Å²) in [6, 6.07) is 9.47. The van der Waals surface area contributed by atoms with E-state index in [0.717, 1.165) is 10.6 Å². The maximum Gasteiger partial charge on any atom is 0.306 e. The number of benzene rings is 1. The fourth-order valence-electron chi connectivity index (χ4n) is 2.35. The third-order valence-corrected chi connectivity index (χ3v) is 4.34.